The quantitative estimate of drug-likeness (QED) is 0.835. The lowest BCUT2D eigenvalue weighted by Crippen LogP contribution is -2.04. The highest BCUT2D eigenvalue weighted by Gasteiger charge is 2.05. The van der Waals surface area contributed by atoms with E-state index in [9.17, 15) is 4.39 Å². The van der Waals surface area contributed by atoms with Crippen LogP contribution in [0.3, 0.4) is 0 Å². The molecule has 0 radical (unpaired) electrons. The number of nitrogens with zero attached hydrogens (tertiary/aromatic N) is 4. The average Bonchev–Trinajstić information content (AvgIpc) is 2.72. The molecule has 0 amide bonds. The molecule has 0 aliphatic heterocycles. The zero-order chi connectivity index (χ0) is 10.7. The fourth-order valence-corrected chi connectivity index (χ4v) is 1.49. The second-order valence-corrected chi connectivity index (χ2v) is 3.53. The molecule has 8 heteroatoms. The molecule has 0 aliphatic rings. The van der Waals surface area contributed by atoms with Crippen molar-refractivity contribution >= 4 is 29.0 Å². The van der Waals surface area contributed by atoms with Gasteiger partial charge in [-0.3, -0.25) is 0 Å². The van der Waals surface area contributed by atoms with E-state index in [0.717, 1.165) is 6.20 Å². The Balaban J connectivity index is 2.07. The summed E-state index contributed by atoms with van der Waals surface area (Å²) in [5.74, 6) is -0.495. The lowest BCUT2D eigenvalue weighted by molar-refractivity contribution is 0.616. The van der Waals surface area contributed by atoms with Crippen LogP contribution in [-0.4, -0.2) is 19.6 Å². The highest BCUT2D eigenvalue weighted by molar-refractivity contribution is 7.03. The lowest BCUT2D eigenvalue weighted by Gasteiger charge is -2.03. The Hall–Kier alpha value is -1.34. The number of hydrogen-bond donors (Lipinski definition) is 1. The number of hydrogen-bond acceptors (Lipinski definition) is 6. The molecule has 0 saturated heterocycles. The molecule has 0 bridgehead atoms. The topological polar surface area (TPSA) is 63.6 Å². The van der Waals surface area contributed by atoms with Gasteiger partial charge in [-0.2, -0.15) is 4.98 Å². The van der Waals surface area contributed by atoms with Gasteiger partial charge in [-0.25, -0.2) is 9.37 Å². The second kappa shape index (κ2) is 4.45. The number of aromatic nitrogens is 4. The average molecular weight is 246 g/mol. The first-order valence-electron chi connectivity index (χ1n) is 3.93. The molecule has 2 heterocycles. The molecule has 78 valence electrons. The van der Waals surface area contributed by atoms with E-state index < -0.39 is 5.82 Å². The van der Waals surface area contributed by atoms with Crippen molar-refractivity contribution in [1.82, 2.24) is 19.6 Å². The Kier molecular flexibility index (Phi) is 3.02. The fourth-order valence-electron chi connectivity index (χ4n) is 0.905. The van der Waals surface area contributed by atoms with Crippen LogP contribution in [0.15, 0.2) is 11.6 Å². The number of nitrogens with one attached hydrogen (secondary N) is 1. The molecule has 15 heavy (non-hydrogen) atoms. The first kappa shape index (κ1) is 10.2. The van der Waals surface area contributed by atoms with Gasteiger partial charge in [0.15, 0.2) is 11.6 Å². The van der Waals surface area contributed by atoms with Crippen LogP contribution in [-0.2, 0) is 6.54 Å². The second-order valence-electron chi connectivity index (χ2n) is 2.59. The summed E-state index contributed by atoms with van der Waals surface area (Å²) in [6.07, 6.45) is 1.01. The summed E-state index contributed by atoms with van der Waals surface area (Å²) in [7, 11) is 0. The van der Waals surface area contributed by atoms with Crippen LogP contribution < -0.4 is 5.32 Å². The van der Waals surface area contributed by atoms with Crippen LogP contribution in [0.25, 0.3) is 0 Å². The summed E-state index contributed by atoms with van der Waals surface area (Å²) < 4.78 is 16.8. The lowest BCUT2D eigenvalue weighted by atomic mass is 10.4. The van der Waals surface area contributed by atoms with Crippen molar-refractivity contribution in [2.45, 2.75) is 6.54 Å². The molecule has 0 fully saturated rings. The van der Waals surface area contributed by atoms with Crippen molar-refractivity contribution in [2.24, 2.45) is 0 Å². The van der Waals surface area contributed by atoms with Gasteiger partial charge < -0.3 is 5.32 Å². The molecule has 1 N–H and O–H groups in total. The van der Waals surface area contributed by atoms with E-state index >= 15 is 0 Å². The van der Waals surface area contributed by atoms with Gasteiger partial charge in [0, 0.05) is 5.38 Å². The van der Waals surface area contributed by atoms with Crippen LogP contribution in [0.4, 0.5) is 10.2 Å². The molecule has 0 atom stereocenters. The van der Waals surface area contributed by atoms with Gasteiger partial charge in [-0.05, 0) is 23.1 Å². The van der Waals surface area contributed by atoms with E-state index in [4.69, 9.17) is 11.6 Å². The van der Waals surface area contributed by atoms with Crippen LogP contribution >= 0.6 is 23.1 Å². The largest absolute Gasteiger partial charge is 0.362 e. The predicted molar refractivity (Wildman–Crippen MR) is 54.2 cm³/mol. The Morgan fingerprint density at radius 2 is 2.40 bits per heavy atom. The summed E-state index contributed by atoms with van der Waals surface area (Å²) in [5, 5.41) is 8.29. The maximum atomic E-state index is 13.1. The maximum Gasteiger partial charge on any atom is 0.224 e. The minimum Gasteiger partial charge on any atom is -0.362 e. The molecular formula is C7H5ClFN5S. The van der Waals surface area contributed by atoms with Crippen molar-refractivity contribution in [2.75, 3.05) is 5.32 Å². The van der Waals surface area contributed by atoms with E-state index in [1.807, 2.05) is 0 Å². The van der Waals surface area contributed by atoms with Crippen molar-refractivity contribution in [3.05, 3.63) is 28.4 Å². The Morgan fingerprint density at radius 3 is 3.13 bits per heavy atom. The van der Waals surface area contributed by atoms with E-state index in [-0.39, 0.29) is 11.1 Å². The number of anilines is 1. The molecule has 2 aromatic heterocycles. The van der Waals surface area contributed by atoms with Gasteiger partial charge in [0.2, 0.25) is 5.28 Å². The zero-order valence-electron chi connectivity index (χ0n) is 7.31. The minimum absolute atomic E-state index is 0.00435. The van der Waals surface area contributed by atoms with Gasteiger partial charge in [0.25, 0.3) is 0 Å². The van der Waals surface area contributed by atoms with Gasteiger partial charge >= 0.3 is 0 Å². The Labute approximate surface area is 93.5 Å². The summed E-state index contributed by atoms with van der Waals surface area (Å²) in [6, 6.07) is 0. The van der Waals surface area contributed by atoms with Gasteiger partial charge in [0.05, 0.1) is 18.4 Å². The van der Waals surface area contributed by atoms with E-state index in [2.05, 4.69) is 24.9 Å². The number of halogens is 2. The Bertz CT molecular complexity index is 449. The molecule has 5 nitrogen and oxygen atoms in total. The number of rotatable bonds is 3. The summed E-state index contributed by atoms with van der Waals surface area (Å²) >= 11 is 6.75. The van der Waals surface area contributed by atoms with Crippen molar-refractivity contribution < 1.29 is 4.39 Å². The first-order chi connectivity index (χ1) is 7.25. The van der Waals surface area contributed by atoms with Gasteiger partial charge in [0.1, 0.15) is 0 Å². The molecule has 0 spiro atoms. The van der Waals surface area contributed by atoms with Crippen LogP contribution in [0, 0.1) is 5.82 Å². The van der Waals surface area contributed by atoms with Crippen molar-refractivity contribution in [3.63, 3.8) is 0 Å². The molecule has 0 unspecified atom stereocenters. The first-order valence-corrected chi connectivity index (χ1v) is 5.15. The third-order valence-electron chi connectivity index (χ3n) is 1.56. The normalized spacial score (nSPS) is 10.3. The van der Waals surface area contributed by atoms with Crippen molar-refractivity contribution in [1.29, 1.82) is 0 Å². The maximum absolute atomic E-state index is 13.1. The molecule has 0 aromatic carbocycles. The monoisotopic (exact) mass is 245 g/mol. The van der Waals surface area contributed by atoms with Crippen LogP contribution in [0.2, 0.25) is 5.28 Å². The minimum atomic E-state index is -0.553. The SMILES string of the molecule is Fc1cnc(Cl)nc1NCc1csnn1. The third kappa shape index (κ3) is 2.57. The van der Waals surface area contributed by atoms with Crippen LogP contribution in [0.1, 0.15) is 5.69 Å². The molecule has 0 saturated carbocycles. The smallest absolute Gasteiger partial charge is 0.224 e. The standard InChI is InChI=1S/C7H5ClFN5S/c8-7-11-2-5(9)6(12-7)10-1-4-3-15-14-13-4/h2-3H,1H2,(H,10,11,12). The van der Waals surface area contributed by atoms with E-state index in [0.29, 0.717) is 12.2 Å². The highest BCUT2D eigenvalue weighted by Crippen LogP contribution is 2.12. The van der Waals surface area contributed by atoms with Crippen LogP contribution in [0.5, 0.6) is 0 Å². The van der Waals surface area contributed by atoms with Gasteiger partial charge in [-0.15, -0.1) is 5.10 Å². The third-order valence-corrected chi connectivity index (χ3v) is 2.29. The highest BCUT2D eigenvalue weighted by atomic mass is 35.5. The summed E-state index contributed by atoms with van der Waals surface area (Å²) in [6.45, 7) is 0.348. The predicted octanol–water partition coefficient (Wildman–Crippen LogP) is 1.73. The molecule has 2 aromatic rings. The molecular weight excluding hydrogens is 241 g/mol. The van der Waals surface area contributed by atoms with E-state index in [1.165, 1.54) is 11.5 Å². The summed E-state index contributed by atoms with van der Waals surface area (Å²) in [5.41, 5.74) is 0.717. The van der Waals surface area contributed by atoms with Crippen molar-refractivity contribution in [3.8, 4) is 0 Å². The Morgan fingerprint density at radius 1 is 1.53 bits per heavy atom. The molecule has 0 aliphatic carbocycles. The molecule has 2 rings (SSSR count). The fraction of sp³-hybridized carbons (Fsp3) is 0.143. The van der Waals surface area contributed by atoms with Gasteiger partial charge in [-0.1, -0.05) is 4.49 Å². The zero-order valence-corrected chi connectivity index (χ0v) is 8.89. The van der Waals surface area contributed by atoms with E-state index in [1.54, 1.807) is 5.38 Å². The summed E-state index contributed by atoms with van der Waals surface area (Å²) in [4.78, 5) is 7.19.